The Labute approximate surface area is 132 Å². The fraction of sp³-hybridized carbons (Fsp3) is 0.235. The van der Waals surface area contributed by atoms with Crippen LogP contribution < -0.4 is 0 Å². The van der Waals surface area contributed by atoms with Crippen molar-refractivity contribution in [2.75, 3.05) is 13.1 Å². The van der Waals surface area contributed by atoms with Crippen molar-refractivity contribution in [2.24, 2.45) is 0 Å². The van der Waals surface area contributed by atoms with E-state index in [0.29, 0.717) is 13.1 Å². The number of carboxylic acids is 1. The molecular weight excluding hydrogens is 299 g/mol. The van der Waals surface area contributed by atoms with Crippen LogP contribution in [0.25, 0.3) is 0 Å². The van der Waals surface area contributed by atoms with E-state index in [4.69, 9.17) is 5.11 Å². The summed E-state index contributed by atoms with van der Waals surface area (Å²) in [5, 5.41) is 8.83. The molecule has 1 N–H and O–H groups in total. The van der Waals surface area contributed by atoms with Crippen LogP contribution in [-0.2, 0) is 0 Å². The van der Waals surface area contributed by atoms with Crippen molar-refractivity contribution in [2.45, 2.75) is 12.3 Å². The number of carbonyl (C=O) groups is 2. The molecule has 0 saturated carbocycles. The lowest BCUT2D eigenvalue weighted by molar-refractivity contribution is 0.0689. The van der Waals surface area contributed by atoms with Gasteiger partial charge < -0.3 is 10.0 Å². The van der Waals surface area contributed by atoms with Gasteiger partial charge in [0.25, 0.3) is 5.91 Å². The maximum atomic E-state index is 13.7. The van der Waals surface area contributed by atoms with E-state index in [1.165, 1.54) is 6.07 Å². The highest BCUT2D eigenvalue weighted by molar-refractivity contribution is 5.96. The highest BCUT2D eigenvalue weighted by atomic mass is 19.1. The number of carboxylic acid groups (broad SMARTS) is 1. The Kier molecular flexibility index (Phi) is 4.06. The molecule has 2 aromatic rings. The maximum absolute atomic E-state index is 13.7. The van der Waals surface area contributed by atoms with E-state index in [-0.39, 0.29) is 17.4 Å². The zero-order valence-corrected chi connectivity index (χ0v) is 12.3. The third kappa shape index (κ3) is 3.06. The zero-order chi connectivity index (χ0) is 16.4. The highest BCUT2D eigenvalue weighted by Crippen LogP contribution is 2.27. The van der Waals surface area contributed by atoms with Crippen molar-refractivity contribution in [1.82, 2.24) is 9.88 Å². The van der Waals surface area contributed by atoms with Crippen molar-refractivity contribution in [3.63, 3.8) is 0 Å². The molecule has 0 radical (unpaired) electrons. The van der Waals surface area contributed by atoms with Crippen LogP contribution >= 0.6 is 0 Å². The molecule has 23 heavy (non-hydrogen) atoms. The summed E-state index contributed by atoms with van der Waals surface area (Å²) >= 11 is 0. The summed E-state index contributed by atoms with van der Waals surface area (Å²) in [7, 11) is 0. The van der Waals surface area contributed by atoms with Gasteiger partial charge in [-0.3, -0.25) is 9.78 Å². The number of likely N-dealkylation sites (tertiary alicyclic amines) is 1. The van der Waals surface area contributed by atoms with Gasteiger partial charge in [0.05, 0.1) is 5.56 Å². The quantitative estimate of drug-likeness (QED) is 0.945. The number of aromatic carboxylic acids is 1. The molecule has 1 fully saturated rings. The largest absolute Gasteiger partial charge is 0.478 e. The number of carbonyl (C=O) groups excluding carboxylic acids is 1. The van der Waals surface area contributed by atoms with Crippen LogP contribution in [0.3, 0.4) is 0 Å². The number of hydrogen-bond donors (Lipinski definition) is 1. The van der Waals surface area contributed by atoms with Gasteiger partial charge in [-0.15, -0.1) is 0 Å². The summed E-state index contributed by atoms with van der Waals surface area (Å²) in [6.45, 7) is 1.10. The predicted octanol–water partition coefficient (Wildman–Crippen LogP) is 2.55. The van der Waals surface area contributed by atoms with Crippen LogP contribution in [0.5, 0.6) is 0 Å². The number of benzene rings is 1. The smallest absolute Gasteiger partial charge is 0.338 e. The fourth-order valence-electron chi connectivity index (χ4n) is 2.81. The number of pyridine rings is 1. The summed E-state index contributed by atoms with van der Waals surface area (Å²) in [5.41, 5.74) is 0.665. The lowest BCUT2D eigenvalue weighted by Crippen LogP contribution is -2.28. The number of aromatic nitrogens is 1. The highest BCUT2D eigenvalue weighted by Gasteiger charge is 2.29. The van der Waals surface area contributed by atoms with Gasteiger partial charge in [0.1, 0.15) is 5.82 Å². The molecule has 1 aromatic carbocycles. The predicted molar refractivity (Wildman–Crippen MR) is 80.9 cm³/mol. The Morgan fingerprint density at radius 1 is 1.26 bits per heavy atom. The van der Waals surface area contributed by atoms with Crippen molar-refractivity contribution in [3.05, 3.63) is 65.2 Å². The van der Waals surface area contributed by atoms with E-state index in [2.05, 4.69) is 4.98 Å². The lowest BCUT2D eigenvalue weighted by atomic mass is 10.0. The second kappa shape index (κ2) is 6.16. The third-order valence-corrected chi connectivity index (χ3v) is 4.03. The summed E-state index contributed by atoms with van der Waals surface area (Å²) in [4.78, 5) is 29.2. The Morgan fingerprint density at radius 3 is 2.74 bits per heavy atom. The van der Waals surface area contributed by atoms with Gasteiger partial charge in [-0.2, -0.15) is 0 Å². The van der Waals surface area contributed by atoms with E-state index in [1.807, 2.05) is 18.2 Å². The molecule has 1 atom stereocenters. The number of hydrogen-bond acceptors (Lipinski definition) is 3. The first-order valence-electron chi connectivity index (χ1n) is 7.29. The first-order valence-corrected chi connectivity index (χ1v) is 7.29. The SMILES string of the molecule is O=C(O)c1ccc(C(=O)N2CCC(c3ccccn3)C2)cc1F. The molecule has 1 saturated heterocycles. The van der Waals surface area contributed by atoms with Gasteiger partial charge in [0.2, 0.25) is 0 Å². The van der Waals surface area contributed by atoms with Crippen LogP contribution in [0.2, 0.25) is 0 Å². The van der Waals surface area contributed by atoms with Gasteiger partial charge >= 0.3 is 5.97 Å². The molecule has 1 unspecified atom stereocenters. The summed E-state index contributed by atoms with van der Waals surface area (Å²) < 4.78 is 13.7. The van der Waals surface area contributed by atoms with Crippen LogP contribution in [-0.4, -0.2) is 40.0 Å². The van der Waals surface area contributed by atoms with Gasteiger partial charge in [0, 0.05) is 36.5 Å². The molecule has 1 aliphatic rings. The zero-order valence-electron chi connectivity index (χ0n) is 12.3. The van der Waals surface area contributed by atoms with Crippen LogP contribution in [0.15, 0.2) is 42.6 Å². The molecule has 0 bridgehead atoms. The van der Waals surface area contributed by atoms with Crippen molar-refractivity contribution in [3.8, 4) is 0 Å². The van der Waals surface area contributed by atoms with E-state index < -0.39 is 17.3 Å². The number of nitrogens with zero attached hydrogens (tertiary/aromatic N) is 2. The minimum atomic E-state index is -1.35. The fourth-order valence-corrected chi connectivity index (χ4v) is 2.81. The summed E-state index contributed by atoms with van der Waals surface area (Å²) in [6, 6.07) is 9.14. The van der Waals surface area contributed by atoms with E-state index >= 15 is 0 Å². The van der Waals surface area contributed by atoms with Crippen LogP contribution in [0.4, 0.5) is 4.39 Å². The maximum Gasteiger partial charge on any atom is 0.338 e. The summed E-state index contributed by atoms with van der Waals surface area (Å²) in [6.07, 6.45) is 2.53. The minimum absolute atomic E-state index is 0.161. The van der Waals surface area contributed by atoms with Gasteiger partial charge in [-0.25, -0.2) is 9.18 Å². The minimum Gasteiger partial charge on any atom is -0.478 e. The Morgan fingerprint density at radius 2 is 2.09 bits per heavy atom. The second-order valence-corrected chi connectivity index (χ2v) is 5.49. The van der Waals surface area contributed by atoms with Crippen molar-refractivity contribution >= 4 is 11.9 Å². The van der Waals surface area contributed by atoms with Crippen molar-refractivity contribution < 1.29 is 19.1 Å². The normalized spacial score (nSPS) is 17.3. The molecule has 118 valence electrons. The average Bonchev–Trinajstić information content (AvgIpc) is 3.04. The molecule has 6 heteroatoms. The third-order valence-electron chi connectivity index (χ3n) is 4.03. The Bertz CT molecular complexity index is 749. The van der Waals surface area contributed by atoms with Crippen LogP contribution in [0, 0.1) is 5.82 Å². The Balaban J connectivity index is 1.74. The topological polar surface area (TPSA) is 70.5 Å². The molecule has 0 spiro atoms. The lowest BCUT2D eigenvalue weighted by Gasteiger charge is -2.16. The molecule has 2 heterocycles. The van der Waals surface area contributed by atoms with Crippen LogP contribution in [0.1, 0.15) is 38.7 Å². The molecule has 1 aromatic heterocycles. The standard InChI is InChI=1S/C17H15FN2O3/c18-14-9-11(4-5-13(14)17(22)23)16(21)20-8-6-12(10-20)15-3-1-2-7-19-15/h1-5,7,9,12H,6,8,10H2,(H,22,23). The van der Waals surface area contributed by atoms with E-state index in [9.17, 15) is 14.0 Å². The second-order valence-electron chi connectivity index (χ2n) is 5.49. The number of halogens is 1. The molecule has 5 nitrogen and oxygen atoms in total. The monoisotopic (exact) mass is 314 g/mol. The molecule has 1 amide bonds. The average molecular weight is 314 g/mol. The van der Waals surface area contributed by atoms with E-state index in [1.54, 1.807) is 11.1 Å². The number of amides is 1. The van der Waals surface area contributed by atoms with Gasteiger partial charge in [0.15, 0.2) is 0 Å². The molecular formula is C17H15FN2O3. The molecule has 0 aliphatic carbocycles. The van der Waals surface area contributed by atoms with Gasteiger partial charge in [-0.05, 0) is 36.8 Å². The van der Waals surface area contributed by atoms with Crippen molar-refractivity contribution in [1.29, 1.82) is 0 Å². The van der Waals surface area contributed by atoms with Gasteiger partial charge in [-0.1, -0.05) is 6.07 Å². The summed E-state index contributed by atoms with van der Waals surface area (Å²) in [5.74, 6) is -2.37. The first-order chi connectivity index (χ1) is 11.1. The Hall–Kier alpha value is -2.76. The van der Waals surface area contributed by atoms with E-state index in [0.717, 1.165) is 24.2 Å². The molecule has 3 rings (SSSR count). The molecule has 1 aliphatic heterocycles. The number of rotatable bonds is 3. The first kappa shape index (κ1) is 15.1.